The quantitative estimate of drug-likeness (QED) is 0.215. The van der Waals surface area contributed by atoms with E-state index in [-0.39, 0.29) is 32.9 Å². The predicted octanol–water partition coefficient (Wildman–Crippen LogP) is -3.96. The minimum absolute atomic E-state index is 0. The Kier molecular flexibility index (Phi) is 156. The molecule has 0 heterocycles. The van der Waals surface area contributed by atoms with Crippen LogP contribution in [0.4, 0.5) is 0 Å². The Hall–Kier alpha value is 8.18. The molecule has 0 aromatic heterocycles. The van der Waals surface area contributed by atoms with Gasteiger partial charge in [-0.15, -0.1) is 0 Å². The van der Waals surface area contributed by atoms with Crippen molar-refractivity contribution in [3.05, 3.63) is 0 Å². The van der Waals surface area contributed by atoms with Crippen LogP contribution in [-0.2, 0) is 235 Å². The molecule has 12 N–H and O–H groups in total. The molecule has 0 atom stereocenters. The van der Waals surface area contributed by atoms with E-state index in [0.717, 1.165) is 0 Å². The van der Waals surface area contributed by atoms with Crippen molar-refractivity contribution in [2.24, 2.45) is 0 Å². The second-order valence-corrected chi connectivity index (χ2v) is 200. The van der Waals surface area contributed by atoms with Gasteiger partial charge in [-0.2, -0.15) is 0 Å². The van der Waals surface area contributed by atoms with Crippen molar-refractivity contribution < 1.29 is 268 Å². The van der Waals surface area contributed by atoms with Crippen LogP contribution in [0.1, 0.15) is 0 Å². The second kappa shape index (κ2) is 49.9. The van der Waals surface area contributed by atoms with Crippen LogP contribution in [0.3, 0.4) is 0 Å². The summed E-state index contributed by atoms with van der Waals surface area (Å²) in [7, 11) is 0. The van der Waals surface area contributed by atoms with Crippen molar-refractivity contribution in [3.63, 3.8) is 0 Å². The Morgan fingerprint density at radius 1 is 0.278 bits per heavy atom. The third-order valence-corrected chi connectivity index (χ3v) is 0. The molecule has 0 bridgehead atoms. The van der Waals surface area contributed by atoms with Gasteiger partial charge in [-0.25, -0.2) is 0 Å². The summed E-state index contributed by atoms with van der Waals surface area (Å²) < 4.78 is 4.25. The van der Waals surface area contributed by atoms with Gasteiger partial charge in [-0.1, -0.05) is 0 Å². The third-order valence-electron chi connectivity index (χ3n) is 0. The van der Waals surface area contributed by atoms with Crippen molar-refractivity contribution in [2.75, 3.05) is 0 Å². The van der Waals surface area contributed by atoms with Crippen molar-refractivity contribution in [1.82, 2.24) is 0 Å². The van der Waals surface area contributed by atoms with Crippen LogP contribution < -0.4 is 0 Å². The van der Waals surface area contributed by atoms with Gasteiger partial charge in [0.05, 0.1) is 0 Å². The Morgan fingerprint density at radius 2 is 0.278 bits per heavy atom. The molecule has 0 aliphatic rings. The Balaban J connectivity index is -0.00000000827. The first-order chi connectivity index (χ1) is 5.20. The first-order valence-electron chi connectivity index (χ1n) is 3.67. The molecule has 18 heavy (non-hydrogen) atoms. The maximum absolute atomic E-state index is 1.42. The zero-order valence-corrected chi connectivity index (χ0v) is 60.6. The van der Waals surface area contributed by atoms with Crippen LogP contribution in [0.25, 0.3) is 0 Å². The Morgan fingerprint density at radius 3 is 0.278 bits per heavy atom. The van der Waals surface area contributed by atoms with Gasteiger partial charge in [-0.3, -0.25) is 0 Å². The molecule has 0 aliphatic heterocycles. The first-order valence-corrected chi connectivity index (χ1v) is 32.2. The monoisotopic (exact) mass is 1960 g/mol. The molecule has 0 unspecified atom stereocenters. The summed E-state index contributed by atoms with van der Waals surface area (Å²) in [4.78, 5) is 0. The number of rotatable bonds is 0. The molecule has 0 amide bonds. The van der Waals surface area contributed by atoms with E-state index in [0.29, 0.717) is 0 Å². The molecule has 0 aliphatic carbocycles. The maximum atomic E-state index is 1.42. The van der Waals surface area contributed by atoms with E-state index in [4.69, 9.17) is 0 Å². The normalized spacial score (nSPS) is 6.50. The second-order valence-electron chi connectivity index (χ2n) is 2.60. The fourth-order valence-electron chi connectivity index (χ4n) is 0. The van der Waals surface area contributed by atoms with Crippen molar-refractivity contribution in [3.8, 4) is 0 Å². The Labute approximate surface area is 255 Å². The molecule has 6 nitrogen and oxygen atoms in total. The van der Waals surface area contributed by atoms with Crippen LogP contribution in [0.2, 0.25) is -4.67 Å². The number of hydrogen-bond donors (Lipinski definition) is 0. The summed E-state index contributed by atoms with van der Waals surface area (Å²) in [6.07, 6.45) is 0. The van der Waals surface area contributed by atoms with Gasteiger partial charge >= 0.3 is 230 Å². The van der Waals surface area contributed by atoms with Gasteiger partial charge in [0, 0.05) is 0 Å². The first kappa shape index (κ1) is 56.2. The van der Waals surface area contributed by atoms with Gasteiger partial charge in [-0.05, 0) is 0 Å². The van der Waals surface area contributed by atoms with Gasteiger partial charge in [0.25, 0.3) is 0 Å². The van der Waals surface area contributed by atoms with Crippen LogP contribution in [-0.4, -0.2) is 32.9 Å². The predicted molar refractivity (Wildman–Crippen MR) is 32.9 cm³/mol. The van der Waals surface area contributed by atoms with E-state index < -0.39 is 0 Å². The Bertz CT molecular complexity index is 54.8. The van der Waals surface area contributed by atoms with Gasteiger partial charge < -0.3 is 32.9 Å². The van der Waals surface area contributed by atoms with Crippen molar-refractivity contribution >= 4 is 0 Å². The van der Waals surface area contributed by atoms with E-state index in [1.165, 1.54) is 230 Å². The summed E-state index contributed by atoms with van der Waals surface area (Å²) in [5.74, 6) is 0. The van der Waals surface area contributed by atoms with Crippen molar-refractivity contribution in [2.45, 2.75) is -4.67 Å². The number of hydrogen-bond acceptors (Lipinski definition) is 0. The molecule has 81 valence electrons. The van der Waals surface area contributed by atoms with E-state index >= 15 is 0 Å². The van der Waals surface area contributed by atoms with Crippen LogP contribution in [0, 0.1) is 0 Å². The third kappa shape index (κ3) is 194. The molecule has 0 saturated heterocycles. The molecule has 0 rings (SSSR count). The van der Waals surface area contributed by atoms with E-state index in [1.807, 2.05) is 0 Å². The van der Waals surface area contributed by atoms with Crippen LogP contribution >= 0.6 is 0 Å². The molecule has 0 aromatic carbocycles. The van der Waals surface area contributed by atoms with Gasteiger partial charge in [0.2, 0.25) is 0 Å². The van der Waals surface area contributed by atoms with E-state index in [9.17, 15) is 0 Å². The fraction of sp³-hybridized carbons (Fsp3) is 1.00. The van der Waals surface area contributed by atoms with Crippen LogP contribution in [0.15, 0.2) is 0 Å². The molecule has 15 heteroatoms. The van der Waals surface area contributed by atoms with Gasteiger partial charge in [0.15, 0.2) is 0 Å². The van der Waals surface area contributed by atoms with E-state index in [1.54, 1.807) is 0 Å². The summed E-state index contributed by atoms with van der Waals surface area (Å²) in [6, 6.07) is 0. The summed E-state index contributed by atoms with van der Waals surface area (Å²) in [6.45, 7) is 0. The average Bonchev–Trinajstić information content (AvgIpc) is 1.54. The van der Waals surface area contributed by atoms with Crippen molar-refractivity contribution in [1.29, 1.82) is 0 Å². The molecule has 0 radical (unpaired) electrons. The minimum atomic E-state index is 0. The SMILES string of the molecule is O.O.O.O.O.O.[Hg][CH]([Hg])[Hg].[Hg][CH]([Hg])[Hg].[Hg][CH]([Hg])[Hg]. The zero-order chi connectivity index (χ0) is 10.7. The molecule has 0 aromatic rings. The molecule has 0 spiro atoms. The fourth-order valence-corrected chi connectivity index (χ4v) is 0. The molecule has 0 saturated carbocycles. The van der Waals surface area contributed by atoms with Gasteiger partial charge in [0.1, 0.15) is 0 Å². The standard InChI is InChI=1S/3CH.9Hg.6H2O/h3*1H;;;;;;;;;;6*1H2. The molecular weight excluding hydrogens is 1940 g/mol. The summed E-state index contributed by atoms with van der Waals surface area (Å²) in [5.41, 5.74) is 0. The summed E-state index contributed by atoms with van der Waals surface area (Å²) in [5, 5.41) is 0. The molecule has 0 fully saturated rings. The zero-order valence-electron chi connectivity index (χ0n) is 11.1. The molecular formula is C3H15Hg9O6. The average molecular weight is 1950 g/mol. The van der Waals surface area contributed by atoms with Crippen LogP contribution in [0.5, 0.6) is 0 Å². The topological polar surface area (TPSA) is 189 Å². The summed E-state index contributed by atoms with van der Waals surface area (Å²) >= 11 is 10.8. The van der Waals surface area contributed by atoms with E-state index in [2.05, 4.69) is 0 Å².